The number of benzene rings is 1. The van der Waals surface area contributed by atoms with E-state index in [1.807, 2.05) is 12.1 Å². The molecule has 1 N–H and O–H groups in total. The molecule has 1 unspecified atom stereocenters. The molecule has 74 valence electrons. The highest BCUT2D eigenvalue weighted by atomic mass is 16.3. The second-order valence-corrected chi connectivity index (χ2v) is 4.38. The fraction of sp³-hybridized carbons (Fsp3) is 0.500. The van der Waals surface area contributed by atoms with Crippen molar-refractivity contribution in [3.63, 3.8) is 0 Å². The third kappa shape index (κ3) is 1.35. The largest absolute Gasteiger partial charge is 0.387 e. The lowest BCUT2D eigenvalue weighted by molar-refractivity contribution is 0.0878. The molecular formula is C12H15NO. The van der Waals surface area contributed by atoms with Crippen molar-refractivity contribution in [2.75, 3.05) is 6.54 Å². The first-order valence-electron chi connectivity index (χ1n) is 5.34. The van der Waals surface area contributed by atoms with E-state index in [9.17, 15) is 5.11 Å². The summed E-state index contributed by atoms with van der Waals surface area (Å²) < 4.78 is 0. The molecule has 2 nitrogen and oxygen atoms in total. The number of nitrogens with zero attached hydrogens (tertiary/aromatic N) is 1. The Morgan fingerprint density at radius 2 is 2.00 bits per heavy atom. The molecule has 0 amide bonds. The summed E-state index contributed by atoms with van der Waals surface area (Å²) in [7, 11) is 0. The van der Waals surface area contributed by atoms with E-state index in [2.05, 4.69) is 17.0 Å². The summed E-state index contributed by atoms with van der Waals surface area (Å²) in [5.74, 6) is 0. The molecule has 1 aliphatic heterocycles. The van der Waals surface area contributed by atoms with Crippen molar-refractivity contribution < 1.29 is 5.11 Å². The van der Waals surface area contributed by atoms with Crippen molar-refractivity contribution >= 4 is 0 Å². The minimum atomic E-state index is -0.277. The van der Waals surface area contributed by atoms with Crippen LogP contribution in [0.4, 0.5) is 0 Å². The molecule has 2 aliphatic rings. The maximum absolute atomic E-state index is 9.97. The van der Waals surface area contributed by atoms with Gasteiger partial charge in [0, 0.05) is 19.1 Å². The summed E-state index contributed by atoms with van der Waals surface area (Å²) in [6.07, 6.45) is 2.35. The fourth-order valence-corrected chi connectivity index (χ4v) is 2.32. The molecule has 2 heteroatoms. The Morgan fingerprint density at radius 3 is 2.79 bits per heavy atom. The van der Waals surface area contributed by atoms with Crippen LogP contribution in [0.2, 0.25) is 0 Å². The summed E-state index contributed by atoms with van der Waals surface area (Å²) in [4.78, 5) is 2.41. The maximum atomic E-state index is 9.97. The van der Waals surface area contributed by atoms with E-state index in [0.29, 0.717) is 0 Å². The Balaban J connectivity index is 1.91. The number of hydrogen-bond donors (Lipinski definition) is 1. The van der Waals surface area contributed by atoms with E-state index in [4.69, 9.17) is 0 Å². The number of hydrogen-bond acceptors (Lipinski definition) is 2. The number of rotatable bonds is 1. The van der Waals surface area contributed by atoms with Gasteiger partial charge in [-0.05, 0) is 24.0 Å². The van der Waals surface area contributed by atoms with E-state index in [0.717, 1.165) is 24.7 Å². The quantitative estimate of drug-likeness (QED) is 0.726. The van der Waals surface area contributed by atoms with Gasteiger partial charge in [0.15, 0.2) is 0 Å². The SMILES string of the molecule is OC1CN(C2CC2)Cc2ccccc21. The average molecular weight is 189 g/mol. The Labute approximate surface area is 84.2 Å². The highest BCUT2D eigenvalue weighted by Crippen LogP contribution is 2.34. The van der Waals surface area contributed by atoms with Gasteiger partial charge in [-0.25, -0.2) is 0 Å². The van der Waals surface area contributed by atoms with Gasteiger partial charge in [0.05, 0.1) is 6.10 Å². The smallest absolute Gasteiger partial charge is 0.0920 e. The standard InChI is InChI=1S/C12H15NO/c14-12-8-13(10-5-6-10)7-9-3-1-2-4-11(9)12/h1-4,10,12,14H,5-8H2. The van der Waals surface area contributed by atoms with Crippen molar-refractivity contribution in [2.45, 2.75) is 31.5 Å². The number of aliphatic hydroxyl groups is 1. The van der Waals surface area contributed by atoms with Gasteiger partial charge >= 0.3 is 0 Å². The van der Waals surface area contributed by atoms with Crippen LogP contribution in [-0.4, -0.2) is 22.6 Å². The van der Waals surface area contributed by atoms with Crippen molar-refractivity contribution in [3.05, 3.63) is 35.4 Å². The minimum Gasteiger partial charge on any atom is -0.387 e. The molecular weight excluding hydrogens is 174 g/mol. The van der Waals surface area contributed by atoms with Crippen LogP contribution in [0.3, 0.4) is 0 Å². The van der Waals surface area contributed by atoms with Gasteiger partial charge in [-0.1, -0.05) is 24.3 Å². The third-order valence-electron chi connectivity index (χ3n) is 3.26. The van der Waals surface area contributed by atoms with Gasteiger partial charge in [-0.2, -0.15) is 0 Å². The van der Waals surface area contributed by atoms with Gasteiger partial charge in [-0.3, -0.25) is 4.90 Å². The second-order valence-electron chi connectivity index (χ2n) is 4.38. The molecule has 3 rings (SSSR count). The van der Waals surface area contributed by atoms with Crippen LogP contribution in [0.5, 0.6) is 0 Å². The molecule has 1 aliphatic carbocycles. The van der Waals surface area contributed by atoms with Crippen molar-refractivity contribution in [3.8, 4) is 0 Å². The fourth-order valence-electron chi connectivity index (χ4n) is 2.32. The Kier molecular flexibility index (Phi) is 1.85. The van der Waals surface area contributed by atoms with Crippen LogP contribution in [0, 0.1) is 0 Å². The Morgan fingerprint density at radius 1 is 1.21 bits per heavy atom. The monoisotopic (exact) mass is 189 g/mol. The molecule has 14 heavy (non-hydrogen) atoms. The lowest BCUT2D eigenvalue weighted by Gasteiger charge is -2.32. The number of aliphatic hydroxyl groups excluding tert-OH is 1. The Bertz CT molecular complexity index is 346. The molecule has 1 fully saturated rings. The highest BCUT2D eigenvalue weighted by molar-refractivity contribution is 5.31. The zero-order chi connectivity index (χ0) is 9.54. The van der Waals surface area contributed by atoms with Crippen LogP contribution in [0.25, 0.3) is 0 Å². The molecule has 0 aromatic heterocycles. The normalized spacial score (nSPS) is 27.4. The third-order valence-corrected chi connectivity index (χ3v) is 3.26. The summed E-state index contributed by atoms with van der Waals surface area (Å²) >= 11 is 0. The molecule has 0 spiro atoms. The highest BCUT2D eigenvalue weighted by Gasteiger charge is 2.33. The van der Waals surface area contributed by atoms with Gasteiger partial charge in [0.25, 0.3) is 0 Å². The van der Waals surface area contributed by atoms with Crippen molar-refractivity contribution in [1.82, 2.24) is 4.90 Å². The predicted molar refractivity (Wildman–Crippen MR) is 54.8 cm³/mol. The van der Waals surface area contributed by atoms with E-state index < -0.39 is 0 Å². The zero-order valence-corrected chi connectivity index (χ0v) is 8.19. The zero-order valence-electron chi connectivity index (χ0n) is 8.19. The van der Waals surface area contributed by atoms with Gasteiger partial charge < -0.3 is 5.11 Å². The molecule has 1 heterocycles. The van der Waals surface area contributed by atoms with Gasteiger partial charge in [0.2, 0.25) is 0 Å². The lowest BCUT2D eigenvalue weighted by atomic mass is 9.97. The van der Waals surface area contributed by atoms with Gasteiger partial charge in [-0.15, -0.1) is 0 Å². The van der Waals surface area contributed by atoms with E-state index in [1.54, 1.807) is 0 Å². The number of fused-ring (bicyclic) bond motifs is 1. The van der Waals surface area contributed by atoms with Gasteiger partial charge in [0.1, 0.15) is 0 Å². The summed E-state index contributed by atoms with van der Waals surface area (Å²) in [6, 6.07) is 8.99. The average Bonchev–Trinajstić information content (AvgIpc) is 3.01. The first kappa shape index (κ1) is 8.45. The molecule has 0 saturated heterocycles. The summed E-state index contributed by atoms with van der Waals surface area (Å²) in [6.45, 7) is 1.85. The molecule has 0 bridgehead atoms. The van der Waals surface area contributed by atoms with Crippen LogP contribution < -0.4 is 0 Å². The minimum absolute atomic E-state index is 0.277. The van der Waals surface area contributed by atoms with Crippen LogP contribution in [0.15, 0.2) is 24.3 Å². The first-order valence-corrected chi connectivity index (χ1v) is 5.34. The lowest BCUT2D eigenvalue weighted by Crippen LogP contribution is -2.35. The van der Waals surface area contributed by atoms with Crippen LogP contribution in [-0.2, 0) is 6.54 Å². The molecule has 1 aromatic carbocycles. The van der Waals surface area contributed by atoms with E-state index in [-0.39, 0.29) is 6.10 Å². The number of β-amino-alcohol motifs (C(OH)–C–C–N with tert-alkyl or cyclic N) is 1. The molecule has 1 saturated carbocycles. The second kappa shape index (κ2) is 3.07. The topological polar surface area (TPSA) is 23.5 Å². The molecule has 1 atom stereocenters. The predicted octanol–water partition coefficient (Wildman–Crippen LogP) is 1.70. The maximum Gasteiger partial charge on any atom is 0.0920 e. The molecule has 0 radical (unpaired) electrons. The van der Waals surface area contributed by atoms with Crippen LogP contribution >= 0.6 is 0 Å². The van der Waals surface area contributed by atoms with E-state index >= 15 is 0 Å². The van der Waals surface area contributed by atoms with Crippen molar-refractivity contribution in [2.24, 2.45) is 0 Å². The molecule has 1 aromatic rings. The summed E-state index contributed by atoms with van der Waals surface area (Å²) in [5.41, 5.74) is 2.43. The first-order chi connectivity index (χ1) is 6.84. The Hall–Kier alpha value is -0.860. The summed E-state index contributed by atoms with van der Waals surface area (Å²) in [5, 5.41) is 9.97. The van der Waals surface area contributed by atoms with Crippen molar-refractivity contribution in [1.29, 1.82) is 0 Å². The van der Waals surface area contributed by atoms with E-state index in [1.165, 1.54) is 18.4 Å². The van der Waals surface area contributed by atoms with Crippen LogP contribution in [0.1, 0.15) is 30.1 Å².